The van der Waals surface area contributed by atoms with Crippen molar-refractivity contribution >= 4 is 11.6 Å². The number of ether oxygens (including phenoxy) is 1. The number of alkyl halides is 2. The highest BCUT2D eigenvalue weighted by atomic mass is 19.3. The van der Waals surface area contributed by atoms with Crippen molar-refractivity contribution in [2.24, 2.45) is 17.3 Å². The second-order valence-corrected chi connectivity index (χ2v) is 8.63. The zero-order valence-electron chi connectivity index (χ0n) is 15.4. The number of hydrogen-bond acceptors (Lipinski definition) is 4. The normalized spacial score (nSPS) is 33.2. The second-order valence-electron chi connectivity index (χ2n) is 8.63. The Morgan fingerprint density at radius 1 is 1.21 bits per heavy atom. The number of carbonyl (C=O) groups excluding carboxylic acids is 1. The van der Waals surface area contributed by atoms with E-state index in [4.69, 9.17) is 0 Å². The van der Waals surface area contributed by atoms with Crippen LogP contribution in [0.5, 0.6) is 5.75 Å². The van der Waals surface area contributed by atoms with Crippen molar-refractivity contribution < 1.29 is 18.3 Å². The molecule has 1 aromatic heterocycles. The molecule has 1 N–H and O–H groups in total. The van der Waals surface area contributed by atoms with Crippen LogP contribution >= 0.6 is 0 Å². The molecule has 1 aromatic carbocycles. The van der Waals surface area contributed by atoms with Gasteiger partial charge in [0.25, 0.3) is 0 Å². The molecule has 1 heterocycles. The lowest BCUT2D eigenvalue weighted by Gasteiger charge is -2.60. The van der Waals surface area contributed by atoms with E-state index < -0.39 is 12.0 Å². The van der Waals surface area contributed by atoms with Gasteiger partial charge in [-0.3, -0.25) is 4.79 Å². The van der Waals surface area contributed by atoms with Crippen molar-refractivity contribution in [1.29, 1.82) is 0 Å². The fraction of sp³-hybridized carbons (Fsp3) is 0.550. The van der Waals surface area contributed by atoms with Crippen molar-refractivity contribution in [2.75, 3.05) is 5.32 Å². The number of anilines is 1. The van der Waals surface area contributed by atoms with Crippen LogP contribution in [0.25, 0.3) is 0 Å². The molecule has 2 atom stereocenters. The Labute approximate surface area is 161 Å². The lowest BCUT2D eigenvalue weighted by molar-refractivity contribution is -0.150. The van der Waals surface area contributed by atoms with Gasteiger partial charge in [-0.15, -0.1) is 0 Å². The van der Waals surface area contributed by atoms with Crippen LogP contribution in [0.4, 0.5) is 14.5 Å². The average Bonchev–Trinajstić information content (AvgIpc) is 3.17. The van der Waals surface area contributed by atoms with Gasteiger partial charge in [0.15, 0.2) is 0 Å². The van der Waals surface area contributed by atoms with Gasteiger partial charge in [0.1, 0.15) is 18.4 Å². The molecule has 0 unspecified atom stereocenters. The second kappa shape index (κ2) is 6.25. The summed E-state index contributed by atoms with van der Waals surface area (Å²) in [6.45, 7) is -2.94. The van der Waals surface area contributed by atoms with Gasteiger partial charge in [0.05, 0.1) is 16.6 Å². The molecular weight excluding hydrogens is 366 g/mol. The van der Waals surface area contributed by atoms with E-state index in [-0.39, 0.29) is 17.2 Å². The molecule has 0 saturated heterocycles. The topological polar surface area (TPSA) is 69.0 Å². The molecule has 4 bridgehead atoms. The number of carbonyl (C=O) groups is 1. The highest BCUT2D eigenvalue weighted by Gasteiger charge is 2.61. The quantitative estimate of drug-likeness (QED) is 0.846. The van der Waals surface area contributed by atoms with Crippen LogP contribution in [-0.2, 0) is 10.3 Å². The van der Waals surface area contributed by atoms with Crippen LogP contribution in [0.2, 0.25) is 0 Å². The number of nitrogens with one attached hydrogen (secondary N) is 1. The molecule has 4 fully saturated rings. The van der Waals surface area contributed by atoms with Gasteiger partial charge >= 0.3 is 6.61 Å². The highest BCUT2D eigenvalue weighted by Crippen LogP contribution is 2.64. The van der Waals surface area contributed by atoms with Crippen molar-refractivity contribution in [3.63, 3.8) is 0 Å². The summed E-state index contributed by atoms with van der Waals surface area (Å²) < 4.78 is 31.9. The number of nitrogens with zero attached hydrogens (tertiary/aromatic N) is 3. The molecule has 6 rings (SSSR count). The van der Waals surface area contributed by atoms with Crippen LogP contribution in [0.3, 0.4) is 0 Å². The summed E-state index contributed by atoms with van der Waals surface area (Å²) in [6.07, 6.45) is 8.87. The number of benzene rings is 1. The largest absolute Gasteiger partial charge is 0.433 e. The van der Waals surface area contributed by atoms with E-state index in [9.17, 15) is 13.6 Å². The fourth-order valence-electron chi connectivity index (χ4n) is 6.22. The first-order valence-corrected chi connectivity index (χ1v) is 9.68. The van der Waals surface area contributed by atoms with Gasteiger partial charge in [-0.05, 0) is 62.5 Å². The Hall–Kier alpha value is -2.51. The van der Waals surface area contributed by atoms with E-state index in [2.05, 4.69) is 20.1 Å². The van der Waals surface area contributed by atoms with Crippen LogP contribution in [-0.4, -0.2) is 27.3 Å². The van der Waals surface area contributed by atoms with E-state index in [1.807, 2.05) is 4.68 Å². The van der Waals surface area contributed by atoms with Crippen LogP contribution in [0, 0.1) is 17.3 Å². The van der Waals surface area contributed by atoms with Crippen LogP contribution in [0.1, 0.15) is 38.5 Å². The summed E-state index contributed by atoms with van der Waals surface area (Å²) in [5.41, 5.74) is -0.386. The first-order valence-electron chi connectivity index (χ1n) is 9.68. The lowest BCUT2D eigenvalue weighted by Crippen LogP contribution is -2.60. The van der Waals surface area contributed by atoms with E-state index in [0.29, 0.717) is 23.9 Å². The predicted octanol–water partition coefficient (Wildman–Crippen LogP) is 3.81. The number of para-hydroxylation sites is 2. The highest BCUT2D eigenvalue weighted by molar-refractivity contribution is 5.97. The molecule has 6 nitrogen and oxygen atoms in total. The number of hydrogen-bond donors (Lipinski definition) is 1. The monoisotopic (exact) mass is 388 g/mol. The molecule has 0 spiro atoms. The number of rotatable bonds is 5. The Balaban J connectivity index is 1.44. The molecule has 4 saturated carbocycles. The maximum Gasteiger partial charge on any atom is 0.387 e. The van der Waals surface area contributed by atoms with Crippen LogP contribution in [0.15, 0.2) is 36.9 Å². The standard InChI is InChI=1S/C20H22F2N4O2/c21-18(22)28-16-4-2-1-3-15(16)25-17(27)19-6-13-5-14(7-19)9-20(8-13,10-19)26-12-23-11-24-26/h1-4,11-14,18H,5-10H2,(H,25,27)/t13-,14-,19?,20?/m0/s1. The van der Waals surface area contributed by atoms with E-state index in [0.717, 1.165) is 32.1 Å². The zero-order valence-corrected chi connectivity index (χ0v) is 15.4. The number of amides is 1. The minimum Gasteiger partial charge on any atom is -0.433 e. The summed E-state index contributed by atoms with van der Waals surface area (Å²) in [4.78, 5) is 17.5. The Kier molecular flexibility index (Phi) is 3.93. The summed E-state index contributed by atoms with van der Waals surface area (Å²) in [5.74, 6) is 0.838. The fourth-order valence-corrected chi connectivity index (χ4v) is 6.22. The minimum absolute atomic E-state index is 0.0124. The third-order valence-electron chi connectivity index (χ3n) is 6.77. The molecule has 148 valence electrons. The Morgan fingerprint density at radius 3 is 2.64 bits per heavy atom. The van der Waals surface area contributed by atoms with E-state index in [1.165, 1.54) is 6.07 Å². The average molecular weight is 388 g/mol. The van der Waals surface area contributed by atoms with E-state index >= 15 is 0 Å². The van der Waals surface area contributed by atoms with Crippen molar-refractivity contribution in [2.45, 2.75) is 50.7 Å². The molecule has 4 aliphatic carbocycles. The Bertz CT molecular complexity index is 872. The van der Waals surface area contributed by atoms with Gasteiger partial charge in [-0.25, -0.2) is 9.67 Å². The maximum absolute atomic E-state index is 13.4. The summed E-state index contributed by atoms with van der Waals surface area (Å²) in [6, 6.07) is 6.35. The third-order valence-corrected chi connectivity index (χ3v) is 6.77. The van der Waals surface area contributed by atoms with Crippen molar-refractivity contribution in [3.05, 3.63) is 36.9 Å². The summed E-state index contributed by atoms with van der Waals surface area (Å²) >= 11 is 0. The smallest absolute Gasteiger partial charge is 0.387 e. The van der Waals surface area contributed by atoms with Crippen LogP contribution < -0.4 is 10.1 Å². The van der Waals surface area contributed by atoms with Gasteiger partial charge in [0.2, 0.25) is 5.91 Å². The van der Waals surface area contributed by atoms with Crippen molar-refractivity contribution in [1.82, 2.24) is 14.8 Å². The SMILES string of the molecule is O=C(Nc1ccccc1OC(F)F)C12C[C@@H]3C[C@@H](C1)CC(n1cncn1)(C3)C2. The number of halogens is 2. The first kappa shape index (κ1) is 17.6. The maximum atomic E-state index is 13.4. The summed E-state index contributed by atoms with van der Waals surface area (Å²) in [5, 5.41) is 7.29. The van der Waals surface area contributed by atoms with Gasteiger partial charge in [-0.1, -0.05) is 12.1 Å². The number of aromatic nitrogens is 3. The minimum atomic E-state index is -2.94. The molecule has 0 aliphatic heterocycles. The van der Waals surface area contributed by atoms with Gasteiger partial charge in [0, 0.05) is 0 Å². The first-order chi connectivity index (χ1) is 13.5. The summed E-state index contributed by atoms with van der Waals surface area (Å²) in [7, 11) is 0. The zero-order chi connectivity index (χ0) is 19.4. The van der Waals surface area contributed by atoms with Crippen molar-refractivity contribution in [3.8, 4) is 5.75 Å². The molecular formula is C20H22F2N4O2. The molecule has 4 aliphatic rings. The molecule has 0 radical (unpaired) electrons. The van der Waals surface area contributed by atoms with Gasteiger partial charge < -0.3 is 10.1 Å². The predicted molar refractivity (Wildman–Crippen MR) is 96.8 cm³/mol. The van der Waals surface area contributed by atoms with Gasteiger partial charge in [-0.2, -0.15) is 13.9 Å². The molecule has 2 aromatic rings. The third kappa shape index (κ3) is 2.77. The van der Waals surface area contributed by atoms with E-state index in [1.54, 1.807) is 30.9 Å². The Morgan fingerprint density at radius 2 is 1.96 bits per heavy atom. The molecule has 8 heteroatoms. The lowest BCUT2D eigenvalue weighted by atomic mass is 9.46. The molecule has 1 amide bonds. The molecule has 28 heavy (non-hydrogen) atoms.